The SMILES string of the molecule is Nc1ccc(CC(=O)N[C@H]2CNC[C@@H]2c2ccc(C(F)(F)F)cc2)cc1. The lowest BCUT2D eigenvalue weighted by molar-refractivity contribution is -0.137. The average Bonchev–Trinajstić information content (AvgIpc) is 3.04. The number of nitrogens with two attached hydrogens (primary N) is 1. The van der Waals surface area contributed by atoms with Crippen molar-refractivity contribution < 1.29 is 18.0 Å². The number of carbonyl (C=O) groups is 1. The Morgan fingerprint density at radius 3 is 2.35 bits per heavy atom. The maximum absolute atomic E-state index is 12.7. The van der Waals surface area contributed by atoms with Gasteiger partial charge in [-0.25, -0.2) is 0 Å². The topological polar surface area (TPSA) is 67.2 Å². The summed E-state index contributed by atoms with van der Waals surface area (Å²) in [7, 11) is 0. The van der Waals surface area contributed by atoms with Crippen molar-refractivity contribution in [3.8, 4) is 0 Å². The van der Waals surface area contributed by atoms with Crippen molar-refractivity contribution in [2.24, 2.45) is 0 Å². The molecule has 1 fully saturated rings. The van der Waals surface area contributed by atoms with Gasteiger partial charge in [-0.15, -0.1) is 0 Å². The molecule has 0 saturated carbocycles. The predicted octanol–water partition coefficient (Wildman–Crippen LogP) is 2.70. The molecule has 7 heteroatoms. The zero-order valence-corrected chi connectivity index (χ0v) is 14.0. The Balaban J connectivity index is 1.64. The van der Waals surface area contributed by atoms with Crippen LogP contribution in [0, 0.1) is 0 Å². The molecule has 0 radical (unpaired) electrons. The number of carbonyl (C=O) groups excluding carboxylic acids is 1. The molecule has 1 amide bonds. The molecule has 2 aromatic carbocycles. The standard InChI is InChI=1S/C19H20F3N3O/c20-19(21,22)14-5-3-13(4-6-14)16-10-24-11-17(16)25-18(26)9-12-1-7-15(23)8-2-12/h1-8,16-17,24H,9-11,23H2,(H,25,26)/t16-,17+/m1/s1. The van der Waals surface area contributed by atoms with E-state index in [1.165, 1.54) is 12.1 Å². The van der Waals surface area contributed by atoms with Crippen molar-refractivity contribution in [3.05, 3.63) is 65.2 Å². The fourth-order valence-corrected chi connectivity index (χ4v) is 3.18. The number of benzene rings is 2. The Kier molecular flexibility index (Phi) is 5.18. The number of anilines is 1. The maximum Gasteiger partial charge on any atom is 0.416 e. The van der Waals surface area contributed by atoms with Crippen LogP contribution in [0.2, 0.25) is 0 Å². The van der Waals surface area contributed by atoms with E-state index >= 15 is 0 Å². The molecule has 0 spiro atoms. The van der Waals surface area contributed by atoms with Crippen molar-refractivity contribution in [1.82, 2.24) is 10.6 Å². The molecule has 4 nitrogen and oxygen atoms in total. The van der Waals surface area contributed by atoms with Crippen LogP contribution in [-0.2, 0) is 17.4 Å². The molecule has 2 aromatic rings. The van der Waals surface area contributed by atoms with Gasteiger partial charge in [0, 0.05) is 30.7 Å². The first-order valence-corrected chi connectivity index (χ1v) is 8.34. The molecule has 0 bridgehead atoms. The van der Waals surface area contributed by atoms with Crippen molar-refractivity contribution >= 4 is 11.6 Å². The fourth-order valence-electron chi connectivity index (χ4n) is 3.18. The molecule has 138 valence electrons. The highest BCUT2D eigenvalue weighted by Gasteiger charge is 2.32. The summed E-state index contributed by atoms with van der Waals surface area (Å²) < 4.78 is 38.1. The highest BCUT2D eigenvalue weighted by molar-refractivity contribution is 5.79. The van der Waals surface area contributed by atoms with E-state index in [0.717, 1.165) is 23.3 Å². The lowest BCUT2D eigenvalue weighted by Gasteiger charge is -2.21. The number of halogens is 3. The lowest BCUT2D eigenvalue weighted by Crippen LogP contribution is -2.40. The summed E-state index contributed by atoms with van der Waals surface area (Å²) in [6, 6.07) is 12.1. The van der Waals surface area contributed by atoms with Gasteiger partial charge < -0.3 is 16.4 Å². The first kappa shape index (κ1) is 18.3. The van der Waals surface area contributed by atoms with Crippen LogP contribution in [0.1, 0.15) is 22.6 Å². The van der Waals surface area contributed by atoms with Gasteiger partial charge in [0.15, 0.2) is 0 Å². The van der Waals surface area contributed by atoms with Crippen molar-refractivity contribution in [3.63, 3.8) is 0 Å². The smallest absolute Gasteiger partial charge is 0.399 e. The van der Waals surface area contributed by atoms with E-state index in [1.807, 2.05) is 0 Å². The highest BCUT2D eigenvalue weighted by atomic mass is 19.4. The normalized spacial score (nSPS) is 20.1. The molecule has 4 N–H and O–H groups in total. The minimum absolute atomic E-state index is 0.0624. The molecular weight excluding hydrogens is 343 g/mol. The van der Waals surface area contributed by atoms with Crippen LogP contribution in [0.4, 0.5) is 18.9 Å². The van der Waals surface area contributed by atoms with Crippen LogP contribution in [0.25, 0.3) is 0 Å². The number of nitrogens with one attached hydrogen (secondary N) is 2. The monoisotopic (exact) mass is 363 g/mol. The number of hydrogen-bond acceptors (Lipinski definition) is 3. The molecule has 1 aliphatic rings. The summed E-state index contributed by atoms with van der Waals surface area (Å²) in [5.74, 6) is -0.187. The van der Waals surface area contributed by atoms with E-state index in [-0.39, 0.29) is 24.3 Å². The molecule has 26 heavy (non-hydrogen) atoms. The van der Waals surface area contributed by atoms with Crippen LogP contribution >= 0.6 is 0 Å². The van der Waals surface area contributed by atoms with Crippen LogP contribution < -0.4 is 16.4 Å². The first-order valence-electron chi connectivity index (χ1n) is 8.34. The van der Waals surface area contributed by atoms with E-state index in [9.17, 15) is 18.0 Å². The van der Waals surface area contributed by atoms with Gasteiger partial charge in [-0.3, -0.25) is 4.79 Å². The molecule has 3 rings (SSSR count). The Hall–Kier alpha value is -2.54. The maximum atomic E-state index is 12.7. The minimum atomic E-state index is -4.35. The molecule has 1 aliphatic heterocycles. The summed E-state index contributed by atoms with van der Waals surface area (Å²) in [5, 5.41) is 6.17. The van der Waals surface area contributed by atoms with Gasteiger partial charge in [-0.2, -0.15) is 13.2 Å². The van der Waals surface area contributed by atoms with Gasteiger partial charge in [0.05, 0.1) is 12.0 Å². The van der Waals surface area contributed by atoms with Gasteiger partial charge in [0.2, 0.25) is 5.91 Å². The summed E-state index contributed by atoms with van der Waals surface area (Å²) in [6.07, 6.45) is -4.12. The molecule has 0 unspecified atom stereocenters. The van der Waals surface area contributed by atoms with Crippen molar-refractivity contribution in [2.45, 2.75) is 24.6 Å². The average molecular weight is 363 g/mol. The molecule has 1 saturated heterocycles. The van der Waals surface area contributed by atoms with Crippen LogP contribution in [0.5, 0.6) is 0 Å². The first-order chi connectivity index (χ1) is 12.3. The van der Waals surface area contributed by atoms with E-state index < -0.39 is 11.7 Å². The molecule has 2 atom stereocenters. The molecule has 0 aromatic heterocycles. The predicted molar refractivity (Wildman–Crippen MR) is 93.5 cm³/mol. The third kappa shape index (κ3) is 4.35. The number of nitrogen functional groups attached to an aromatic ring is 1. The highest BCUT2D eigenvalue weighted by Crippen LogP contribution is 2.31. The number of rotatable bonds is 4. The van der Waals surface area contributed by atoms with Gasteiger partial charge in [0.1, 0.15) is 0 Å². The molecule has 0 aliphatic carbocycles. The van der Waals surface area contributed by atoms with Gasteiger partial charge in [-0.1, -0.05) is 24.3 Å². The van der Waals surface area contributed by atoms with E-state index in [4.69, 9.17) is 5.73 Å². The lowest BCUT2D eigenvalue weighted by atomic mass is 9.93. The second kappa shape index (κ2) is 7.37. The zero-order valence-electron chi connectivity index (χ0n) is 14.0. The minimum Gasteiger partial charge on any atom is -0.399 e. The third-order valence-corrected chi connectivity index (χ3v) is 4.57. The Morgan fingerprint density at radius 2 is 1.73 bits per heavy atom. The van der Waals surface area contributed by atoms with E-state index in [2.05, 4.69) is 10.6 Å². The van der Waals surface area contributed by atoms with Crippen LogP contribution in [0.3, 0.4) is 0 Å². The molecule has 1 heterocycles. The largest absolute Gasteiger partial charge is 0.416 e. The summed E-state index contributed by atoms with van der Waals surface area (Å²) in [6.45, 7) is 1.19. The van der Waals surface area contributed by atoms with Gasteiger partial charge in [0.25, 0.3) is 0 Å². The third-order valence-electron chi connectivity index (χ3n) is 4.57. The summed E-state index contributed by atoms with van der Waals surface area (Å²) in [5.41, 5.74) is 7.23. The zero-order chi connectivity index (χ0) is 18.7. The van der Waals surface area contributed by atoms with Crippen molar-refractivity contribution in [1.29, 1.82) is 0 Å². The van der Waals surface area contributed by atoms with E-state index in [0.29, 0.717) is 18.8 Å². The number of alkyl halides is 3. The van der Waals surface area contributed by atoms with Crippen LogP contribution in [0.15, 0.2) is 48.5 Å². The second-order valence-electron chi connectivity index (χ2n) is 6.48. The number of amides is 1. The second-order valence-corrected chi connectivity index (χ2v) is 6.48. The Morgan fingerprint density at radius 1 is 1.08 bits per heavy atom. The fraction of sp³-hybridized carbons (Fsp3) is 0.316. The van der Waals surface area contributed by atoms with Gasteiger partial charge >= 0.3 is 6.18 Å². The van der Waals surface area contributed by atoms with E-state index in [1.54, 1.807) is 24.3 Å². The Labute approximate surface area is 149 Å². The Bertz CT molecular complexity index is 757. The van der Waals surface area contributed by atoms with Gasteiger partial charge in [-0.05, 0) is 35.4 Å². The quantitative estimate of drug-likeness (QED) is 0.732. The van der Waals surface area contributed by atoms with Crippen molar-refractivity contribution in [2.75, 3.05) is 18.8 Å². The van der Waals surface area contributed by atoms with Crippen LogP contribution in [-0.4, -0.2) is 25.0 Å². The molecular formula is C19H20F3N3O. The summed E-state index contributed by atoms with van der Waals surface area (Å²) >= 11 is 0. The number of hydrogen-bond donors (Lipinski definition) is 3. The summed E-state index contributed by atoms with van der Waals surface area (Å²) in [4.78, 5) is 12.3.